The lowest BCUT2D eigenvalue weighted by atomic mass is 10.2. The Morgan fingerprint density at radius 2 is 2.22 bits per heavy atom. The van der Waals surface area contributed by atoms with Crippen molar-refractivity contribution >= 4 is 39.8 Å². The van der Waals surface area contributed by atoms with Gasteiger partial charge in [0.1, 0.15) is 5.75 Å². The summed E-state index contributed by atoms with van der Waals surface area (Å²) in [6, 6.07) is 9.38. The van der Waals surface area contributed by atoms with E-state index in [1.807, 2.05) is 31.2 Å². The van der Waals surface area contributed by atoms with E-state index >= 15 is 0 Å². The zero-order chi connectivity index (χ0) is 19.5. The second-order valence-electron chi connectivity index (χ2n) is 5.21. The summed E-state index contributed by atoms with van der Waals surface area (Å²) < 4.78 is 6.14. The summed E-state index contributed by atoms with van der Waals surface area (Å²) >= 11 is 2.72. The number of carbonyl (C=O) groups excluding carboxylic acids is 1. The Kier molecular flexibility index (Phi) is 8.61. The lowest BCUT2D eigenvalue weighted by Crippen LogP contribution is -2.33. The molecule has 0 unspecified atom stereocenters. The minimum absolute atomic E-state index is 0.0878. The van der Waals surface area contributed by atoms with E-state index in [2.05, 4.69) is 28.2 Å². The van der Waals surface area contributed by atoms with Crippen LogP contribution in [0.4, 0.5) is 10.8 Å². The van der Waals surface area contributed by atoms with Gasteiger partial charge >= 0.3 is 0 Å². The van der Waals surface area contributed by atoms with Gasteiger partial charge in [0.25, 0.3) is 0 Å². The number of thioether (sulfide) groups is 1. The molecule has 1 aromatic carbocycles. The fraction of sp³-hybridized carbons (Fsp3) is 0.333. The van der Waals surface area contributed by atoms with Crippen molar-refractivity contribution in [3.63, 3.8) is 0 Å². The number of rotatable bonds is 11. The zero-order valence-corrected chi connectivity index (χ0v) is 16.7. The fourth-order valence-electron chi connectivity index (χ4n) is 2.15. The summed E-state index contributed by atoms with van der Waals surface area (Å²) in [4.78, 5) is 14.3. The molecule has 2 aromatic rings. The van der Waals surface area contributed by atoms with Crippen LogP contribution >= 0.6 is 23.1 Å². The van der Waals surface area contributed by atoms with E-state index in [-0.39, 0.29) is 18.1 Å². The van der Waals surface area contributed by atoms with Gasteiger partial charge in [-0.25, -0.2) is 0 Å². The molecule has 0 aliphatic rings. The number of anilines is 2. The number of benzene rings is 1. The number of nitriles is 1. The minimum Gasteiger partial charge on any atom is -0.494 e. The lowest BCUT2D eigenvalue weighted by Gasteiger charge is -2.21. The number of carbonyl (C=O) groups is 1. The first-order valence-electron chi connectivity index (χ1n) is 8.39. The molecule has 9 heteroatoms. The average molecular weight is 404 g/mol. The van der Waals surface area contributed by atoms with Crippen LogP contribution in [0.5, 0.6) is 5.75 Å². The number of hydrogen-bond acceptors (Lipinski definition) is 8. The molecule has 0 bridgehead atoms. The molecule has 27 heavy (non-hydrogen) atoms. The number of nitrogens with one attached hydrogen (secondary N) is 1. The number of hydrogen-bond donors (Lipinski definition) is 1. The smallest absolute Gasteiger partial charge is 0.237 e. The maximum absolute atomic E-state index is 12.7. The molecule has 142 valence electrons. The average Bonchev–Trinajstić information content (AvgIpc) is 3.14. The molecule has 0 aliphatic carbocycles. The maximum Gasteiger partial charge on any atom is 0.237 e. The van der Waals surface area contributed by atoms with Crippen molar-refractivity contribution < 1.29 is 9.53 Å². The minimum atomic E-state index is -0.0878. The van der Waals surface area contributed by atoms with Crippen LogP contribution in [-0.4, -0.2) is 41.6 Å². The summed E-state index contributed by atoms with van der Waals surface area (Å²) in [5.74, 6) is 0.876. The van der Waals surface area contributed by atoms with Gasteiger partial charge in [0.15, 0.2) is 4.34 Å². The number of aromatic nitrogens is 2. The van der Waals surface area contributed by atoms with Gasteiger partial charge < -0.3 is 15.0 Å². The molecule has 0 saturated heterocycles. The SMILES string of the molecule is C=CCNc1nnc(SCC(=O)N(CCC#N)c2ccc(OCC)cc2)s1. The summed E-state index contributed by atoms with van der Waals surface area (Å²) in [5.41, 5.74) is 0.741. The van der Waals surface area contributed by atoms with Crippen molar-refractivity contribution in [3.8, 4) is 11.8 Å². The summed E-state index contributed by atoms with van der Waals surface area (Å²) in [7, 11) is 0. The van der Waals surface area contributed by atoms with Crippen molar-refractivity contribution in [3.05, 3.63) is 36.9 Å². The van der Waals surface area contributed by atoms with Crippen LogP contribution in [0.2, 0.25) is 0 Å². The van der Waals surface area contributed by atoms with Crippen molar-refractivity contribution in [1.29, 1.82) is 5.26 Å². The van der Waals surface area contributed by atoms with Gasteiger partial charge in [0.05, 0.1) is 24.8 Å². The van der Waals surface area contributed by atoms with E-state index in [4.69, 9.17) is 10.00 Å². The molecule has 1 N–H and O–H groups in total. The molecule has 2 rings (SSSR count). The van der Waals surface area contributed by atoms with Crippen LogP contribution in [0.1, 0.15) is 13.3 Å². The molecule has 1 aromatic heterocycles. The quantitative estimate of drug-likeness (QED) is 0.453. The monoisotopic (exact) mass is 403 g/mol. The summed E-state index contributed by atoms with van der Waals surface area (Å²) in [5, 5.41) is 20.7. The van der Waals surface area contributed by atoms with Gasteiger partial charge in [-0.3, -0.25) is 4.79 Å². The first kappa shape index (κ1) is 20.7. The van der Waals surface area contributed by atoms with Crippen molar-refractivity contribution in [1.82, 2.24) is 10.2 Å². The number of amides is 1. The fourth-order valence-corrected chi connectivity index (χ4v) is 3.78. The van der Waals surface area contributed by atoms with Gasteiger partial charge in [-0.2, -0.15) is 5.26 Å². The predicted octanol–water partition coefficient (Wildman–Crippen LogP) is 3.57. The summed E-state index contributed by atoms with van der Waals surface area (Å²) in [6.07, 6.45) is 2.00. The van der Waals surface area contributed by atoms with Crippen LogP contribution in [0.25, 0.3) is 0 Å². The summed E-state index contributed by atoms with van der Waals surface area (Å²) in [6.45, 7) is 7.08. The Labute approximate surface area is 167 Å². The van der Waals surface area contributed by atoms with E-state index in [9.17, 15) is 4.79 Å². The first-order chi connectivity index (χ1) is 13.2. The molecule has 0 radical (unpaired) electrons. The Bertz CT molecular complexity index is 786. The molecule has 0 aliphatic heterocycles. The third kappa shape index (κ3) is 6.58. The highest BCUT2D eigenvalue weighted by atomic mass is 32.2. The van der Waals surface area contributed by atoms with Gasteiger partial charge in [0, 0.05) is 18.8 Å². The Morgan fingerprint density at radius 1 is 1.44 bits per heavy atom. The molecule has 0 spiro atoms. The van der Waals surface area contributed by atoms with E-state index in [0.717, 1.165) is 11.4 Å². The van der Waals surface area contributed by atoms with Gasteiger partial charge in [-0.05, 0) is 31.2 Å². The molecular weight excluding hydrogens is 382 g/mol. The van der Waals surface area contributed by atoms with Crippen LogP contribution in [0, 0.1) is 11.3 Å². The van der Waals surface area contributed by atoms with Crippen LogP contribution in [0.3, 0.4) is 0 Å². The Balaban J connectivity index is 2.00. The van der Waals surface area contributed by atoms with E-state index in [1.165, 1.54) is 23.1 Å². The van der Waals surface area contributed by atoms with Crippen molar-refractivity contribution in [2.24, 2.45) is 0 Å². The topological polar surface area (TPSA) is 91.1 Å². The standard InChI is InChI=1S/C18H21N5O2S2/c1-3-11-20-17-21-22-18(27-17)26-13-16(24)23(12-5-10-19)14-6-8-15(9-7-14)25-4-2/h3,6-9H,1,4-5,11-13H2,2H3,(H,20,21). The Morgan fingerprint density at radius 3 is 2.89 bits per heavy atom. The molecule has 1 amide bonds. The third-order valence-corrected chi connectivity index (χ3v) is 5.33. The highest BCUT2D eigenvalue weighted by Crippen LogP contribution is 2.27. The van der Waals surface area contributed by atoms with Gasteiger partial charge in [-0.1, -0.05) is 29.2 Å². The zero-order valence-electron chi connectivity index (χ0n) is 15.1. The second-order valence-corrected chi connectivity index (χ2v) is 7.41. The van der Waals surface area contributed by atoms with E-state index in [1.54, 1.807) is 11.0 Å². The first-order valence-corrected chi connectivity index (χ1v) is 10.2. The van der Waals surface area contributed by atoms with Gasteiger partial charge in [-0.15, -0.1) is 16.8 Å². The molecular formula is C18H21N5O2S2. The van der Waals surface area contributed by atoms with Crippen LogP contribution in [0.15, 0.2) is 41.3 Å². The second kappa shape index (κ2) is 11.2. The van der Waals surface area contributed by atoms with Crippen LogP contribution in [-0.2, 0) is 4.79 Å². The van der Waals surface area contributed by atoms with E-state index in [0.29, 0.717) is 29.2 Å². The maximum atomic E-state index is 12.7. The van der Waals surface area contributed by atoms with Gasteiger partial charge in [0.2, 0.25) is 11.0 Å². The largest absolute Gasteiger partial charge is 0.494 e. The Hall–Kier alpha value is -2.57. The predicted molar refractivity (Wildman–Crippen MR) is 110 cm³/mol. The van der Waals surface area contributed by atoms with Crippen LogP contribution < -0.4 is 15.0 Å². The number of ether oxygens (including phenoxy) is 1. The molecule has 7 nitrogen and oxygen atoms in total. The van der Waals surface area contributed by atoms with Crippen molar-refractivity contribution in [2.75, 3.05) is 35.7 Å². The number of nitrogens with zero attached hydrogens (tertiary/aromatic N) is 4. The molecule has 0 atom stereocenters. The highest BCUT2D eigenvalue weighted by Gasteiger charge is 2.17. The molecule has 0 fully saturated rings. The normalized spacial score (nSPS) is 10.1. The third-order valence-electron chi connectivity index (χ3n) is 3.33. The highest BCUT2D eigenvalue weighted by molar-refractivity contribution is 8.01. The van der Waals surface area contributed by atoms with E-state index < -0.39 is 0 Å². The lowest BCUT2D eigenvalue weighted by molar-refractivity contribution is -0.116. The molecule has 0 saturated carbocycles. The van der Waals surface area contributed by atoms with Crippen molar-refractivity contribution in [2.45, 2.75) is 17.7 Å². The molecule has 1 heterocycles.